The molecule has 2 amide bonds. The van der Waals surface area contributed by atoms with E-state index in [1.165, 1.54) is 54.6 Å². The highest BCUT2D eigenvalue weighted by Gasteiger charge is 2.25. The molecule has 3 aromatic carbocycles. The van der Waals surface area contributed by atoms with Gasteiger partial charge in [0.25, 0.3) is 23.2 Å². The average molecular weight is 490 g/mol. The van der Waals surface area contributed by atoms with Crippen LogP contribution in [0.25, 0.3) is 6.08 Å². The van der Waals surface area contributed by atoms with E-state index in [4.69, 9.17) is 4.74 Å². The van der Waals surface area contributed by atoms with Gasteiger partial charge in [0.15, 0.2) is 0 Å². The fourth-order valence-electron chi connectivity index (χ4n) is 3.21. The molecule has 0 unspecified atom stereocenters. The van der Waals surface area contributed by atoms with E-state index in [-0.39, 0.29) is 28.9 Å². The Balaban J connectivity index is 2.06. The highest BCUT2D eigenvalue weighted by atomic mass is 16.6. The number of rotatable bonds is 9. The number of ether oxygens (including phenoxy) is 1. The summed E-state index contributed by atoms with van der Waals surface area (Å²) in [5, 5.41) is 27.5. The molecule has 11 nitrogen and oxygen atoms in total. The van der Waals surface area contributed by atoms with Gasteiger partial charge in [-0.25, -0.2) is 0 Å². The molecule has 0 aliphatic rings. The van der Waals surface area contributed by atoms with Gasteiger partial charge in [0.1, 0.15) is 22.7 Å². The fraction of sp³-hybridized carbons (Fsp3) is 0.120. The number of amides is 2. The molecule has 0 saturated heterocycles. The minimum absolute atomic E-state index is 0.122. The summed E-state index contributed by atoms with van der Waals surface area (Å²) in [6, 6.07) is 17.6. The van der Waals surface area contributed by atoms with Crippen molar-refractivity contribution in [3.63, 3.8) is 0 Å². The normalized spacial score (nSPS) is 10.3. The van der Waals surface area contributed by atoms with E-state index in [0.29, 0.717) is 11.3 Å². The second-order valence-corrected chi connectivity index (χ2v) is 7.72. The lowest BCUT2D eigenvalue weighted by Gasteiger charge is -2.14. The number of nitrogens with zero attached hydrogens (tertiary/aromatic N) is 2. The Morgan fingerprint density at radius 2 is 1.22 bits per heavy atom. The Hall–Kier alpha value is -5.06. The van der Waals surface area contributed by atoms with Gasteiger partial charge in [-0.2, -0.15) is 0 Å². The van der Waals surface area contributed by atoms with Crippen molar-refractivity contribution in [1.29, 1.82) is 0 Å². The van der Waals surface area contributed by atoms with Crippen molar-refractivity contribution in [2.75, 3.05) is 10.6 Å². The lowest BCUT2D eigenvalue weighted by atomic mass is 10.1. The third-order valence-electron chi connectivity index (χ3n) is 4.77. The molecular formula is C25H22N4O7. The summed E-state index contributed by atoms with van der Waals surface area (Å²) in [6.45, 7) is 3.62. The van der Waals surface area contributed by atoms with Crippen LogP contribution in [0.1, 0.15) is 19.4 Å². The topological polar surface area (TPSA) is 154 Å². The smallest absolute Gasteiger partial charge is 0.292 e. The van der Waals surface area contributed by atoms with Crippen LogP contribution in [0.15, 0.2) is 78.4 Å². The molecule has 0 atom stereocenters. The van der Waals surface area contributed by atoms with E-state index in [1.807, 2.05) is 13.8 Å². The second kappa shape index (κ2) is 11.4. The van der Waals surface area contributed by atoms with Crippen LogP contribution >= 0.6 is 0 Å². The molecule has 0 aliphatic heterocycles. The maximum atomic E-state index is 13.2. The molecule has 2 N–H and O–H groups in total. The van der Waals surface area contributed by atoms with Crippen molar-refractivity contribution in [2.24, 2.45) is 0 Å². The van der Waals surface area contributed by atoms with E-state index < -0.39 is 27.2 Å². The van der Waals surface area contributed by atoms with Crippen molar-refractivity contribution < 1.29 is 24.2 Å². The number of para-hydroxylation sites is 5. The number of nitrogens with one attached hydrogen (secondary N) is 2. The van der Waals surface area contributed by atoms with E-state index in [0.717, 1.165) is 0 Å². The predicted molar refractivity (Wildman–Crippen MR) is 134 cm³/mol. The van der Waals surface area contributed by atoms with Crippen molar-refractivity contribution >= 4 is 40.6 Å². The molecule has 0 fully saturated rings. The average Bonchev–Trinajstić information content (AvgIpc) is 2.83. The molecule has 0 aliphatic carbocycles. The van der Waals surface area contributed by atoms with Gasteiger partial charge in [0.05, 0.1) is 16.0 Å². The fourth-order valence-corrected chi connectivity index (χ4v) is 3.21. The summed E-state index contributed by atoms with van der Waals surface area (Å²) < 4.78 is 5.76. The highest BCUT2D eigenvalue weighted by molar-refractivity contribution is 6.29. The van der Waals surface area contributed by atoms with Gasteiger partial charge in [0, 0.05) is 17.7 Å². The largest absolute Gasteiger partial charge is 0.490 e. The van der Waals surface area contributed by atoms with Crippen molar-refractivity contribution in [3.05, 3.63) is 104 Å². The molecule has 36 heavy (non-hydrogen) atoms. The molecule has 11 heteroatoms. The molecule has 0 heterocycles. The maximum absolute atomic E-state index is 13.2. The van der Waals surface area contributed by atoms with Gasteiger partial charge in [-0.3, -0.25) is 29.8 Å². The van der Waals surface area contributed by atoms with Gasteiger partial charge in [0.2, 0.25) is 0 Å². The number of nitro groups is 2. The lowest BCUT2D eigenvalue weighted by Crippen LogP contribution is -2.26. The zero-order valence-corrected chi connectivity index (χ0v) is 19.3. The Morgan fingerprint density at radius 3 is 1.69 bits per heavy atom. The molecule has 3 rings (SSSR count). The molecule has 0 aromatic heterocycles. The van der Waals surface area contributed by atoms with Crippen LogP contribution in [0.5, 0.6) is 5.75 Å². The number of carbonyl (C=O) groups excluding carboxylic acids is 2. The van der Waals surface area contributed by atoms with Crippen LogP contribution in [0.4, 0.5) is 22.7 Å². The first-order chi connectivity index (χ1) is 17.2. The lowest BCUT2D eigenvalue weighted by molar-refractivity contribution is -0.384. The van der Waals surface area contributed by atoms with Crippen LogP contribution in [0, 0.1) is 20.2 Å². The molecule has 0 saturated carbocycles. The van der Waals surface area contributed by atoms with Crippen molar-refractivity contribution in [1.82, 2.24) is 0 Å². The van der Waals surface area contributed by atoms with Crippen LogP contribution < -0.4 is 15.4 Å². The van der Waals surface area contributed by atoms with Crippen LogP contribution in [0.3, 0.4) is 0 Å². The number of nitro benzene ring substituents is 2. The van der Waals surface area contributed by atoms with Crippen LogP contribution in [-0.2, 0) is 9.59 Å². The van der Waals surface area contributed by atoms with Gasteiger partial charge in [-0.1, -0.05) is 42.5 Å². The van der Waals surface area contributed by atoms with Crippen molar-refractivity contribution in [3.8, 4) is 5.75 Å². The summed E-state index contributed by atoms with van der Waals surface area (Å²) in [4.78, 5) is 47.9. The minimum Gasteiger partial charge on any atom is -0.490 e. The van der Waals surface area contributed by atoms with Crippen LogP contribution in [0.2, 0.25) is 0 Å². The minimum atomic E-state index is -0.959. The predicted octanol–water partition coefficient (Wildman–Crippen LogP) is 4.95. The Labute approximate surface area is 205 Å². The quantitative estimate of drug-likeness (QED) is 0.141. The van der Waals surface area contributed by atoms with Gasteiger partial charge in [-0.15, -0.1) is 0 Å². The van der Waals surface area contributed by atoms with E-state index in [2.05, 4.69) is 10.6 Å². The zero-order valence-electron chi connectivity index (χ0n) is 19.3. The molecule has 0 radical (unpaired) electrons. The number of benzene rings is 3. The number of hydrogen-bond donors (Lipinski definition) is 2. The number of carbonyl (C=O) groups is 2. The molecule has 184 valence electrons. The van der Waals surface area contributed by atoms with Crippen LogP contribution in [-0.4, -0.2) is 27.8 Å². The van der Waals surface area contributed by atoms with E-state index in [9.17, 15) is 29.8 Å². The van der Waals surface area contributed by atoms with E-state index in [1.54, 1.807) is 24.3 Å². The molecule has 0 bridgehead atoms. The zero-order chi connectivity index (χ0) is 26.2. The third-order valence-corrected chi connectivity index (χ3v) is 4.77. The van der Waals surface area contributed by atoms with E-state index >= 15 is 0 Å². The first-order valence-electron chi connectivity index (χ1n) is 10.7. The summed E-state index contributed by atoms with van der Waals surface area (Å²) in [5.41, 5.74) is -1.05. The Bertz CT molecular complexity index is 1280. The first-order valence-corrected chi connectivity index (χ1v) is 10.7. The number of hydrogen-bond acceptors (Lipinski definition) is 7. The monoisotopic (exact) mass is 490 g/mol. The van der Waals surface area contributed by atoms with Crippen molar-refractivity contribution in [2.45, 2.75) is 20.0 Å². The second-order valence-electron chi connectivity index (χ2n) is 7.72. The Kier molecular flexibility index (Phi) is 8.08. The highest BCUT2D eigenvalue weighted by Crippen LogP contribution is 2.28. The van der Waals surface area contributed by atoms with Gasteiger partial charge < -0.3 is 15.4 Å². The summed E-state index contributed by atoms with van der Waals surface area (Å²) >= 11 is 0. The maximum Gasteiger partial charge on any atom is 0.292 e. The molecular weight excluding hydrogens is 468 g/mol. The SMILES string of the molecule is CC(C)Oc1ccccc1C=C(C(=O)Nc1ccccc1[N+](=O)[O-])C(=O)Nc1ccccc1[N+](=O)[O-]. The number of anilines is 2. The molecule has 3 aromatic rings. The van der Waals surface area contributed by atoms with Gasteiger partial charge in [-0.05, 0) is 38.1 Å². The van der Waals surface area contributed by atoms with Gasteiger partial charge >= 0.3 is 0 Å². The first kappa shape index (κ1) is 25.6. The summed E-state index contributed by atoms with van der Waals surface area (Å²) in [7, 11) is 0. The third kappa shape index (κ3) is 6.29. The molecule has 0 spiro atoms. The summed E-state index contributed by atoms with van der Waals surface area (Å²) in [5.74, 6) is -1.53. The standard InChI is InChI=1S/C25H22N4O7/c1-16(2)36-23-14-8-3-9-17(23)15-18(24(30)26-19-10-4-6-12-21(19)28(32)33)25(31)27-20-11-5-7-13-22(20)29(34)35/h3-16H,1-2H3,(H,26,30)(H,27,31). The summed E-state index contributed by atoms with van der Waals surface area (Å²) in [6.07, 6.45) is 1.05. The Morgan fingerprint density at radius 1 is 0.778 bits per heavy atom.